The molecule has 0 radical (unpaired) electrons. The molecule has 0 spiro atoms. The predicted molar refractivity (Wildman–Crippen MR) is 73.8 cm³/mol. The Bertz CT molecular complexity index is 720. The standard InChI is InChI=1S/C14H12N2OS/c15-9-4-5-10-11(7-9)17-14(16-10)13-6-8-2-1-3-12(8)18-13/h4-7H,1-3,15H2. The van der Waals surface area contributed by atoms with Gasteiger partial charge in [0, 0.05) is 16.6 Å². The lowest BCUT2D eigenvalue weighted by atomic mass is 10.2. The van der Waals surface area contributed by atoms with E-state index in [1.807, 2.05) is 29.5 Å². The Hall–Kier alpha value is -1.81. The van der Waals surface area contributed by atoms with Crippen molar-refractivity contribution >= 4 is 28.1 Å². The molecule has 18 heavy (non-hydrogen) atoms. The predicted octanol–water partition coefficient (Wildman–Crippen LogP) is 3.63. The van der Waals surface area contributed by atoms with E-state index in [2.05, 4.69) is 11.1 Å². The summed E-state index contributed by atoms with van der Waals surface area (Å²) in [6.07, 6.45) is 3.68. The van der Waals surface area contributed by atoms with Crippen molar-refractivity contribution in [1.29, 1.82) is 0 Å². The minimum absolute atomic E-state index is 0.707. The van der Waals surface area contributed by atoms with E-state index in [9.17, 15) is 0 Å². The van der Waals surface area contributed by atoms with E-state index in [4.69, 9.17) is 10.2 Å². The highest BCUT2D eigenvalue weighted by atomic mass is 32.1. The van der Waals surface area contributed by atoms with Crippen LogP contribution in [-0.2, 0) is 12.8 Å². The van der Waals surface area contributed by atoms with Crippen LogP contribution < -0.4 is 5.73 Å². The second kappa shape index (κ2) is 3.59. The molecule has 0 fully saturated rings. The highest BCUT2D eigenvalue weighted by molar-refractivity contribution is 7.15. The summed E-state index contributed by atoms with van der Waals surface area (Å²) in [6.45, 7) is 0. The van der Waals surface area contributed by atoms with E-state index >= 15 is 0 Å². The van der Waals surface area contributed by atoms with Gasteiger partial charge in [0.25, 0.3) is 0 Å². The number of hydrogen-bond acceptors (Lipinski definition) is 4. The maximum atomic E-state index is 5.79. The Balaban J connectivity index is 1.85. The number of rotatable bonds is 1. The van der Waals surface area contributed by atoms with Crippen molar-refractivity contribution in [1.82, 2.24) is 4.98 Å². The van der Waals surface area contributed by atoms with Gasteiger partial charge in [-0.1, -0.05) is 0 Å². The van der Waals surface area contributed by atoms with Gasteiger partial charge in [0.2, 0.25) is 5.89 Å². The first kappa shape index (κ1) is 10.1. The Kier molecular flexibility index (Phi) is 2.02. The number of oxazole rings is 1. The first-order valence-corrected chi connectivity index (χ1v) is 6.89. The van der Waals surface area contributed by atoms with Gasteiger partial charge in [0.1, 0.15) is 5.52 Å². The number of nitrogens with zero attached hydrogens (tertiary/aromatic N) is 1. The monoisotopic (exact) mass is 256 g/mol. The van der Waals surface area contributed by atoms with E-state index in [0.29, 0.717) is 5.69 Å². The number of anilines is 1. The van der Waals surface area contributed by atoms with Gasteiger partial charge in [0.15, 0.2) is 5.58 Å². The number of nitrogen functional groups attached to an aromatic ring is 1. The van der Waals surface area contributed by atoms with E-state index in [0.717, 1.165) is 21.9 Å². The summed E-state index contributed by atoms with van der Waals surface area (Å²) >= 11 is 1.81. The van der Waals surface area contributed by atoms with Crippen LogP contribution in [0.4, 0.5) is 5.69 Å². The van der Waals surface area contributed by atoms with Crippen LogP contribution in [0.1, 0.15) is 16.9 Å². The van der Waals surface area contributed by atoms with E-state index < -0.39 is 0 Å². The van der Waals surface area contributed by atoms with E-state index in [-0.39, 0.29) is 0 Å². The van der Waals surface area contributed by atoms with Crippen molar-refractivity contribution in [2.24, 2.45) is 0 Å². The summed E-state index contributed by atoms with van der Waals surface area (Å²) in [5.41, 5.74) is 9.55. The highest BCUT2D eigenvalue weighted by Crippen LogP contribution is 2.37. The van der Waals surface area contributed by atoms with Crippen LogP contribution in [0.5, 0.6) is 0 Å². The van der Waals surface area contributed by atoms with Crippen molar-refractivity contribution in [3.63, 3.8) is 0 Å². The molecule has 0 aliphatic heterocycles. The summed E-state index contributed by atoms with van der Waals surface area (Å²) in [5, 5.41) is 0. The molecule has 0 bridgehead atoms. The molecular formula is C14H12N2OS. The molecule has 4 heteroatoms. The maximum absolute atomic E-state index is 5.79. The molecule has 1 aliphatic carbocycles. The molecular weight excluding hydrogens is 244 g/mol. The van der Waals surface area contributed by atoms with Crippen LogP contribution in [0.15, 0.2) is 28.7 Å². The fraction of sp³-hybridized carbons (Fsp3) is 0.214. The van der Waals surface area contributed by atoms with Crippen molar-refractivity contribution in [3.8, 4) is 10.8 Å². The number of hydrogen-bond donors (Lipinski definition) is 1. The van der Waals surface area contributed by atoms with Gasteiger partial charge in [-0.25, -0.2) is 4.98 Å². The SMILES string of the molecule is Nc1ccc2nc(-c3cc4c(s3)CCC4)oc2c1. The average Bonchev–Trinajstić information content (AvgIpc) is 2.99. The van der Waals surface area contributed by atoms with E-state index in [1.54, 1.807) is 0 Å². The maximum Gasteiger partial charge on any atom is 0.237 e. The van der Waals surface area contributed by atoms with Crippen LogP contribution in [0, 0.1) is 0 Å². The average molecular weight is 256 g/mol. The molecule has 1 aliphatic rings. The number of benzene rings is 1. The van der Waals surface area contributed by atoms with Gasteiger partial charge in [-0.3, -0.25) is 0 Å². The molecule has 2 heterocycles. The highest BCUT2D eigenvalue weighted by Gasteiger charge is 2.18. The largest absolute Gasteiger partial charge is 0.435 e. The first-order valence-electron chi connectivity index (χ1n) is 6.07. The smallest absolute Gasteiger partial charge is 0.237 e. The molecule has 0 unspecified atom stereocenters. The van der Waals surface area contributed by atoms with Crippen LogP contribution in [-0.4, -0.2) is 4.98 Å². The minimum atomic E-state index is 0.707. The van der Waals surface area contributed by atoms with E-state index in [1.165, 1.54) is 29.7 Å². The summed E-state index contributed by atoms with van der Waals surface area (Å²) in [7, 11) is 0. The molecule has 0 atom stereocenters. The zero-order valence-corrected chi connectivity index (χ0v) is 10.6. The van der Waals surface area contributed by atoms with Gasteiger partial charge in [-0.05, 0) is 43.0 Å². The minimum Gasteiger partial charge on any atom is -0.435 e. The van der Waals surface area contributed by atoms with Crippen molar-refractivity contribution in [2.45, 2.75) is 19.3 Å². The van der Waals surface area contributed by atoms with Gasteiger partial charge >= 0.3 is 0 Å². The Morgan fingerprint density at radius 1 is 1.22 bits per heavy atom. The zero-order valence-electron chi connectivity index (χ0n) is 9.77. The summed E-state index contributed by atoms with van der Waals surface area (Å²) in [6, 6.07) is 7.80. The number of thiophene rings is 1. The Labute approximate surface area is 108 Å². The van der Waals surface area contributed by atoms with Crippen LogP contribution in [0.3, 0.4) is 0 Å². The third-order valence-electron chi connectivity index (χ3n) is 3.37. The van der Waals surface area contributed by atoms with Gasteiger partial charge in [-0.2, -0.15) is 0 Å². The molecule has 90 valence electrons. The summed E-state index contributed by atoms with van der Waals surface area (Å²) < 4.78 is 5.79. The molecule has 3 nitrogen and oxygen atoms in total. The molecule has 2 N–H and O–H groups in total. The quantitative estimate of drug-likeness (QED) is 0.676. The fourth-order valence-electron chi connectivity index (χ4n) is 2.48. The van der Waals surface area contributed by atoms with Crippen molar-refractivity contribution in [2.75, 3.05) is 5.73 Å². The summed E-state index contributed by atoms with van der Waals surface area (Å²) in [4.78, 5) is 7.15. The molecule has 2 aromatic heterocycles. The molecule has 0 saturated carbocycles. The third-order valence-corrected chi connectivity index (χ3v) is 4.59. The Morgan fingerprint density at radius 3 is 3.06 bits per heavy atom. The topological polar surface area (TPSA) is 52.0 Å². The number of fused-ring (bicyclic) bond motifs is 2. The van der Waals surface area contributed by atoms with Crippen molar-refractivity contribution in [3.05, 3.63) is 34.7 Å². The van der Waals surface area contributed by atoms with Gasteiger partial charge in [0.05, 0.1) is 4.88 Å². The molecule has 4 rings (SSSR count). The van der Waals surface area contributed by atoms with Crippen molar-refractivity contribution < 1.29 is 4.42 Å². The fourth-order valence-corrected chi connectivity index (χ4v) is 3.66. The lowest BCUT2D eigenvalue weighted by Gasteiger charge is -1.89. The molecule has 3 aromatic rings. The lowest BCUT2D eigenvalue weighted by Crippen LogP contribution is -1.81. The zero-order chi connectivity index (χ0) is 12.1. The molecule has 1 aromatic carbocycles. The number of aromatic nitrogens is 1. The normalized spacial score (nSPS) is 14.2. The first-order chi connectivity index (χ1) is 8.79. The summed E-state index contributed by atoms with van der Waals surface area (Å²) in [5.74, 6) is 0.718. The van der Waals surface area contributed by atoms with Crippen LogP contribution in [0.25, 0.3) is 21.9 Å². The molecule has 0 saturated heterocycles. The molecule has 0 amide bonds. The van der Waals surface area contributed by atoms with Gasteiger partial charge in [-0.15, -0.1) is 11.3 Å². The number of aryl methyl sites for hydroxylation is 2. The second-order valence-corrected chi connectivity index (χ2v) is 5.80. The lowest BCUT2D eigenvalue weighted by molar-refractivity contribution is 0.622. The second-order valence-electron chi connectivity index (χ2n) is 4.66. The Morgan fingerprint density at radius 2 is 2.17 bits per heavy atom. The third kappa shape index (κ3) is 1.46. The number of nitrogens with two attached hydrogens (primary N) is 1. The van der Waals surface area contributed by atoms with Crippen LogP contribution >= 0.6 is 11.3 Å². The van der Waals surface area contributed by atoms with Crippen LogP contribution in [0.2, 0.25) is 0 Å². The van der Waals surface area contributed by atoms with Gasteiger partial charge < -0.3 is 10.2 Å².